The SMILES string of the molecule is CS(=O)(=O)Nc1ccccc1NC(=O)c1cc(-c2ccco2)on1. The minimum Gasteiger partial charge on any atom is -0.461 e. The summed E-state index contributed by atoms with van der Waals surface area (Å²) < 4.78 is 35.3. The molecule has 2 aromatic heterocycles. The molecule has 24 heavy (non-hydrogen) atoms. The van der Waals surface area contributed by atoms with Crippen molar-refractivity contribution in [2.24, 2.45) is 0 Å². The van der Waals surface area contributed by atoms with Crippen LogP contribution in [0.5, 0.6) is 0 Å². The average Bonchev–Trinajstić information content (AvgIpc) is 3.18. The number of rotatable bonds is 5. The molecular weight excluding hydrogens is 334 g/mol. The summed E-state index contributed by atoms with van der Waals surface area (Å²) in [4.78, 5) is 12.3. The van der Waals surface area contributed by atoms with Crippen molar-refractivity contribution in [3.63, 3.8) is 0 Å². The first-order chi connectivity index (χ1) is 11.4. The highest BCUT2D eigenvalue weighted by atomic mass is 32.2. The zero-order chi connectivity index (χ0) is 17.2. The van der Waals surface area contributed by atoms with Gasteiger partial charge in [-0.2, -0.15) is 0 Å². The van der Waals surface area contributed by atoms with Gasteiger partial charge in [0.15, 0.2) is 11.5 Å². The van der Waals surface area contributed by atoms with Gasteiger partial charge < -0.3 is 14.3 Å². The van der Waals surface area contributed by atoms with Crippen LogP contribution < -0.4 is 10.0 Å². The maximum absolute atomic E-state index is 12.3. The first kappa shape index (κ1) is 15.8. The first-order valence-corrected chi connectivity index (χ1v) is 8.70. The van der Waals surface area contributed by atoms with Gasteiger partial charge in [-0.15, -0.1) is 0 Å². The molecule has 2 N–H and O–H groups in total. The fourth-order valence-corrected chi connectivity index (χ4v) is 2.56. The third-order valence-electron chi connectivity index (χ3n) is 2.98. The summed E-state index contributed by atoms with van der Waals surface area (Å²) in [6.45, 7) is 0. The van der Waals surface area contributed by atoms with Crippen molar-refractivity contribution < 1.29 is 22.2 Å². The molecule has 0 unspecified atom stereocenters. The van der Waals surface area contributed by atoms with Gasteiger partial charge in [-0.3, -0.25) is 9.52 Å². The third kappa shape index (κ3) is 3.63. The second kappa shape index (κ2) is 6.20. The Kier molecular flexibility index (Phi) is 4.09. The van der Waals surface area contributed by atoms with E-state index >= 15 is 0 Å². The zero-order valence-corrected chi connectivity index (χ0v) is 13.3. The maximum Gasteiger partial charge on any atom is 0.277 e. The number of carbonyl (C=O) groups is 1. The number of amides is 1. The molecule has 0 aliphatic rings. The van der Waals surface area contributed by atoms with Gasteiger partial charge in [0.25, 0.3) is 5.91 Å². The molecule has 0 spiro atoms. The highest BCUT2D eigenvalue weighted by Gasteiger charge is 2.17. The number of para-hydroxylation sites is 2. The normalized spacial score (nSPS) is 11.2. The van der Waals surface area contributed by atoms with E-state index in [2.05, 4.69) is 15.2 Å². The number of furan rings is 1. The molecule has 0 saturated carbocycles. The number of aromatic nitrogens is 1. The number of nitrogens with zero attached hydrogens (tertiary/aromatic N) is 1. The fourth-order valence-electron chi connectivity index (χ4n) is 1.98. The quantitative estimate of drug-likeness (QED) is 0.733. The van der Waals surface area contributed by atoms with Crippen LogP contribution in [0.3, 0.4) is 0 Å². The molecule has 0 fully saturated rings. The Morgan fingerprint density at radius 2 is 1.83 bits per heavy atom. The van der Waals surface area contributed by atoms with Crippen molar-refractivity contribution in [1.82, 2.24) is 5.16 Å². The number of hydrogen-bond donors (Lipinski definition) is 2. The minimum atomic E-state index is -3.47. The summed E-state index contributed by atoms with van der Waals surface area (Å²) in [5.41, 5.74) is 0.592. The molecule has 0 aliphatic heterocycles. The Morgan fingerprint density at radius 3 is 2.50 bits per heavy atom. The number of sulfonamides is 1. The van der Waals surface area contributed by atoms with Gasteiger partial charge in [-0.1, -0.05) is 17.3 Å². The topological polar surface area (TPSA) is 114 Å². The van der Waals surface area contributed by atoms with E-state index < -0.39 is 15.9 Å². The molecular formula is C15H13N3O5S. The standard InChI is InChI=1S/C15H13N3O5S/c1-24(20,21)18-11-6-3-2-5-10(11)16-15(19)12-9-14(23-17-12)13-7-4-8-22-13/h2-9,18H,1H3,(H,16,19). The lowest BCUT2D eigenvalue weighted by molar-refractivity contribution is 0.101. The molecule has 1 aromatic carbocycles. The number of anilines is 2. The minimum absolute atomic E-state index is 0.0376. The van der Waals surface area contributed by atoms with Crippen LogP contribution in [0, 0.1) is 0 Å². The summed E-state index contributed by atoms with van der Waals surface area (Å²) in [6.07, 6.45) is 2.50. The number of benzene rings is 1. The van der Waals surface area contributed by atoms with E-state index in [0.717, 1.165) is 6.26 Å². The molecule has 0 saturated heterocycles. The van der Waals surface area contributed by atoms with Crippen molar-refractivity contribution in [3.8, 4) is 11.5 Å². The van der Waals surface area contributed by atoms with E-state index in [4.69, 9.17) is 8.94 Å². The summed E-state index contributed by atoms with van der Waals surface area (Å²) in [5.74, 6) is 0.215. The average molecular weight is 347 g/mol. The number of nitrogens with one attached hydrogen (secondary N) is 2. The zero-order valence-electron chi connectivity index (χ0n) is 12.5. The van der Waals surface area contributed by atoms with Crippen LogP contribution >= 0.6 is 0 Å². The smallest absolute Gasteiger partial charge is 0.277 e. The van der Waals surface area contributed by atoms with Crippen molar-refractivity contribution >= 4 is 27.3 Å². The molecule has 2 heterocycles. The molecule has 0 radical (unpaired) electrons. The van der Waals surface area contributed by atoms with Gasteiger partial charge in [0.05, 0.1) is 23.9 Å². The Bertz CT molecular complexity index is 961. The van der Waals surface area contributed by atoms with Gasteiger partial charge in [0.2, 0.25) is 15.8 Å². The van der Waals surface area contributed by atoms with Crippen molar-refractivity contribution in [2.75, 3.05) is 16.3 Å². The van der Waals surface area contributed by atoms with E-state index in [0.29, 0.717) is 17.2 Å². The highest BCUT2D eigenvalue weighted by molar-refractivity contribution is 7.92. The van der Waals surface area contributed by atoms with Crippen LogP contribution in [0.25, 0.3) is 11.5 Å². The molecule has 0 aliphatic carbocycles. The van der Waals surface area contributed by atoms with Crippen molar-refractivity contribution in [2.45, 2.75) is 0 Å². The van der Waals surface area contributed by atoms with E-state index in [1.165, 1.54) is 18.4 Å². The predicted molar refractivity (Wildman–Crippen MR) is 87.1 cm³/mol. The predicted octanol–water partition coefficient (Wildman–Crippen LogP) is 2.56. The van der Waals surface area contributed by atoms with Gasteiger partial charge in [0.1, 0.15) is 0 Å². The van der Waals surface area contributed by atoms with Gasteiger partial charge >= 0.3 is 0 Å². The first-order valence-electron chi connectivity index (χ1n) is 6.81. The highest BCUT2D eigenvalue weighted by Crippen LogP contribution is 2.24. The van der Waals surface area contributed by atoms with Crippen LogP contribution in [0.15, 0.2) is 57.7 Å². The van der Waals surface area contributed by atoms with Crippen LogP contribution in [-0.2, 0) is 10.0 Å². The Morgan fingerprint density at radius 1 is 1.08 bits per heavy atom. The summed E-state index contributed by atoms with van der Waals surface area (Å²) in [5, 5.41) is 6.28. The van der Waals surface area contributed by atoms with Crippen molar-refractivity contribution in [1.29, 1.82) is 0 Å². The van der Waals surface area contributed by atoms with E-state index in [9.17, 15) is 13.2 Å². The van der Waals surface area contributed by atoms with Crippen LogP contribution in [-0.4, -0.2) is 25.7 Å². The molecule has 3 aromatic rings. The third-order valence-corrected chi connectivity index (χ3v) is 3.57. The van der Waals surface area contributed by atoms with Crippen molar-refractivity contribution in [3.05, 3.63) is 54.4 Å². The second-order valence-electron chi connectivity index (χ2n) is 4.93. The molecule has 1 amide bonds. The molecule has 3 rings (SSSR count). The van der Waals surface area contributed by atoms with Crippen LogP contribution in [0.1, 0.15) is 10.5 Å². The van der Waals surface area contributed by atoms with Crippen LogP contribution in [0.4, 0.5) is 11.4 Å². The van der Waals surface area contributed by atoms with Gasteiger partial charge in [-0.25, -0.2) is 8.42 Å². The Hall–Kier alpha value is -3.07. The van der Waals surface area contributed by atoms with Gasteiger partial charge in [0, 0.05) is 6.07 Å². The molecule has 9 heteroatoms. The largest absolute Gasteiger partial charge is 0.461 e. The molecule has 0 bridgehead atoms. The van der Waals surface area contributed by atoms with E-state index in [1.54, 1.807) is 30.3 Å². The lowest BCUT2D eigenvalue weighted by Gasteiger charge is -2.10. The molecule has 8 nitrogen and oxygen atoms in total. The summed E-state index contributed by atoms with van der Waals surface area (Å²) >= 11 is 0. The maximum atomic E-state index is 12.3. The fraction of sp³-hybridized carbons (Fsp3) is 0.0667. The number of carbonyl (C=O) groups excluding carboxylic acids is 1. The van der Waals surface area contributed by atoms with E-state index in [-0.39, 0.29) is 11.4 Å². The Balaban J connectivity index is 1.81. The Labute approximate surface area is 137 Å². The van der Waals surface area contributed by atoms with Gasteiger partial charge in [-0.05, 0) is 24.3 Å². The van der Waals surface area contributed by atoms with E-state index in [1.807, 2.05) is 0 Å². The second-order valence-corrected chi connectivity index (χ2v) is 6.68. The molecule has 124 valence electrons. The van der Waals surface area contributed by atoms with Crippen LogP contribution in [0.2, 0.25) is 0 Å². The lowest BCUT2D eigenvalue weighted by Crippen LogP contribution is -2.16. The summed E-state index contributed by atoms with van der Waals surface area (Å²) in [6, 6.07) is 11.2. The summed E-state index contributed by atoms with van der Waals surface area (Å²) in [7, 11) is -3.47. The lowest BCUT2D eigenvalue weighted by atomic mass is 10.2. The monoisotopic (exact) mass is 347 g/mol. The number of hydrogen-bond acceptors (Lipinski definition) is 6. The molecule has 0 atom stereocenters.